The van der Waals surface area contributed by atoms with E-state index in [2.05, 4.69) is 0 Å². The maximum absolute atomic E-state index is 12.2. The van der Waals surface area contributed by atoms with Crippen molar-refractivity contribution in [2.75, 3.05) is 6.54 Å². The summed E-state index contributed by atoms with van der Waals surface area (Å²) >= 11 is 7.21. The summed E-state index contributed by atoms with van der Waals surface area (Å²) in [5.41, 5.74) is 0. The fourth-order valence-electron chi connectivity index (χ4n) is 1.63. The number of halogens is 1. The summed E-state index contributed by atoms with van der Waals surface area (Å²) in [7, 11) is 0. The van der Waals surface area contributed by atoms with Crippen LogP contribution in [-0.2, 0) is 4.79 Å². The van der Waals surface area contributed by atoms with Crippen molar-refractivity contribution in [3.8, 4) is 0 Å². The zero-order valence-electron chi connectivity index (χ0n) is 9.06. The molecule has 0 radical (unpaired) electrons. The first-order valence-electron chi connectivity index (χ1n) is 5.35. The molecular formula is C11H12ClNO3S. The Kier molecular flexibility index (Phi) is 3.69. The highest BCUT2D eigenvalue weighted by Crippen LogP contribution is 2.31. The monoisotopic (exact) mass is 273 g/mol. The second-order valence-electron chi connectivity index (χ2n) is 3.97. The Morgan fingerprint density at radius 2 is 2.24 bits per heavy atom. The van der Waals surface area contributed by atoms with Crippen LogP contribution in [0.2, 0.25) is 5.02 Å². The number of hydrogen-bond acceptors (Lipinski definition) is 3. The lowest BCUT2D eigenvalue weighted by Crippen LogP contribution is -2.34. The van der Waals surface area contributed by atoms with Gasteiger partial charge in [-0.2, -0.15) is 0 Å². The summed E-state index contributed by atoms with van der Waals surface area (Å²) in [5.74, 6) is -1.03. The molecule has 1 amide bonds. The number of carbonyl (C=O) groups is 2. The van der Waals surface area contributed by atoms with E-state index < -0.39 is 5.97 Å². The Labute approximate surface area is 108 Å². The zero-order chi connectivity index (χ0) is 12.4. The molecule has 0 saturated heterocycles. The van der Waals surface area contributed by atoms with Crippen molar-refractivity contribution in [3.63, 3.8) is 0 Å². The Balaban J connectivity index is 2.08. The smallest absolute Gasteiger partial charge is 0.305 e. The molecule has 0 aliphatic heterocycles. The van der Waals surface area contributed by atoms with Crippen LogP contribution in [0.15, 0.2) is 11.4 Å². The average molecular weight is 274 g/mol. The van der Waals surface area contributed by atoms with E-state index in [1.165, 1.54) is 11.3 Å². The highest BCUT2D eigenvalue weighted by Gasteiger charge is 2.34. The maximum Gasteiger partial charge on any atom is 0.305 e. The minimum atomic E-state index is -0.888. The second-order valence-corrected chi connectivity index (χ2v) is 5.29. The van der Waals surface area contributed by atoms with Gasteiger partial charge in [-0.1, -0.05) is 11.6 Å². The van der Waals surface area contributed by atoms with Crippen molar-refractivity contribution in [2.45, 2.75) is 25.3 Å². The van der Waals surface area contributed by atoms with Gasteiger partial charge in [-0.05, 0) is 24.3 Å². The van der Waals surface area contributed by atoms with Gasteiger partial charge in [0.2, 0.25) is 0 Å². The van der Waals surface area contributed by atoms with Crippen LogP contribution in [0.1, 0.15) is 28.9 Å². The molecule has 6 heteroatoms. The van der Waals surface area contributed by atoms with Crippen LogP contribution in [0.4, 0.5) is 0 Å². The second kappa shape index (κ2) is 5.06. The Morgan fingerprint density at radius 1 is 1.53 bits per heavy atom. The quantitative estimate of drug-likeness (QED) is 0.897. The Morgan fingerprint density at radius 3 is 2.71 bits per heavy atom. The SMILES string of the molecule is O=C(O)CCN(C(=O)c1sccc1Cl)C1CC1. The first kappa shape index (κ1) is 12.4. The predicted molar refractivity (Wildman–Crippen MR) is 65.6 cm³/mol. The van der Waals surface area contributed by atoms with Gasteiger partial charge in [0.1, 0.15) is 4.88 Å². The van der Waals surface area contributed by atoms with E-state index in [0.717, 1.165) is 12.8 Å². The van der Waals surface area contributed by atoms with E-state index in [1.807, 2.05) is 0 Å². The summed E-state index contributed by atoms with van der Waals surface area (Å²) in [6, 6.07) is 1.88. The predicted octanol–water partition coefficient (Wildman–Crippen LogP) is 2.48. The minimum Gasteiger partial charge on any atom is -0.481 e. The lowest BCUT2D eigenvalue weighted by atomic mass is 10.3. The van der Waals surface area contributed by atoms with Crippen LogP contribution in [0, 0.1) is 0 Å². The van der Waals surface area contributed by atoms with Gasteiger partial charge in [-0.3, -0.25) is 9.59 Å². The highest BCUT2D eigenvalue weighted by atomic mass is 35.5. The van der Waals surface area contributed by atoms with E-state index in [1.54, 1.807) is 16.3 Å². The molecule has 1 saturated carbocycles. The number of rotatable bonds is 5. The first-order valence-corrected chi connectivity index (χ1v) is 6.61. The third kappa shape index (κ3) is 2.98. The van der Waals surface area contributed by atoms with Crippen LogP contribution in [-0.4, -0.2) is 34.5 Å². The molecule has 1 aliphatic rings. The number of carboxylic acid groups (broad SMARTS) is 1. The number of carboxylic acids is 1. The number of nitrogens with zero attached hydrogens (tertiary/aromatic N) is 1. The molecule has 0 unspecified atom stereocenters. The summed E-state index contributed by atoms with van der Waals surface area (Å²) in [6.07, 6.45) is 1.88. The largest absolute Gasteiger partial charge is 0.481 e. The number of hydrogen-bond donors (Lipinski definition) is 1. The van der Waals surface area contributed by atoms with Gasteiger partial charge < -0.3 is 10.0 Å². The fraction of sp³-hybridized carbons (Fsp3) is 0.455. The third-order valence-electron chi connectivity index (χ3n) is 2.63. The van der Waals surface area contributed by atoms with E-state index >= 15 is 0 Å². The lowest BCUT2D eigenvalue weighted by molar-refractivity contribution is -0.137. The molecule has 0 spiro atoms. The van der Waals surface area contributed by atoms with Crippen molar-refractivity contribution < 1.29 is 14.7 Å². The molecule has 1 aromatic heterocycles. The molecular weight excluding hydrogens is 262 g/mol. The Bertz CT molecular complexity index is 442. The van der Waals surface area contributed by atoms with Crippen LogP contribution in [0.5, 0.6) is 0 Å². The molecule has 0 aromatic carbocycles. The molecule has 2 rings (SSSR count). The van der Waals surface area contributed by atoms with Crippen molar-refractivity contribution >= 4 is 34.8 Å². The average Bonchev–Trinajstić information content (AvgIpc) is 3.00. The van der Waals surface area contributed by atoms with Gasteiger partial charge in [0.05, 0.1) is 11.4 Å². The van der Waals surface area contributed by atoms with Gasteiger partial charge in [-0.15, -0.1) is 11.3 Å². The number of carbonyl (C=O) groups excluding carboxylic acids is 1. The van der Waals surface area contributed by atoms with Gasteiger partial charge in [0.25, 0.3) is 5.91 Å². The standard InChI is InChI=1S/C11H12ClNO3S/c12-8-4-6-17-10(8)11(16)13(7-1-2-7)5-3-9(14)15/h4,6-7H,1-3,5H2,(H,14,15). The van der Waals surface area contributed by atoms with Gasteiger partial charge in [0.15, 0.2) is 0 Å². The number of aliphatic carboxylic acids is 1. The van der Waals surface area contributed by atoms with E-state index in [0.29, 0.717) is 9.90 Å². The van der Waals surface area contributed by atoms with Gasteiger partial charge >= 0.3 is 5.97 Å². The molecule has 1 heterocycles. The van der Waals surface area contributed by atoms with E-state index in [9.17, 15) is 9.59 Å². The van der Waals surface area contributed by atoms with Crippen molar-refractivity contribution in [1.82, 2.24) is 4.90 Å². The van der Waals surface area contributed by atoms with Gasteiger partial charge in [-0.25, -0.2) is 0 Å². The molecule has 4 nitrogen and oxygen atoms in total. The Hall–Kier alpha value is -1.07. The normalized spacial score (nSPS) is 14.6. The fourth-order valence-corrected chi connectivity index (χ4v) is 2.72. The van der Waals surface area contributed by atoms with E-state index in [-0.39, 0.29) is 24.9 Å². The van der Waals surface area contributed by atoms with Crippen LogP contribution >= 0.6 is 22.9 Å². The van der Waals surface area contributed by atoms with E-state index in [4.69, 9.17) is 16.7 Å². The molecule has 92 valence electrons. The summed E-state index contributed by atoms with van der Waals surface area (Å²) in [5, 5.41) is 10.9. The van der Waals surface area contributed by atoms with Gasteiger partial charge in [0, 0.05) is 12.6 Å². The molecule has 1 N–H and O–H groups in total. The third-order valence-corrected chi connectivity index (χ3v) is 3.96. The summed E-state index contributed by atoms with van der Waals surface area (Å²) < 4.78 is 0. The van der Waals surface area contributed by atoms with Crippen LogP contribution in [0.3, 0.4) is 0 Å². The lowest BCUT2D eigenvalue weighted by Gasteiger charge is -2.21. The molecule has 0 atom stereocenters. The summed E-state index contributed by atoms with van der Waals surface area (Å²) in [6.45, 7) is 0.257. The van der Waals surface area contributed by atoms with Crippen molar-refractivity contribution in [2.24, 2.45) is 0 Å². The molecule has 1 aliphatic carbocycles. The molecule has 1 fully saturated rings. The van der Waals surface area contributed by atoms with Crippen molar-refractivity contribution in [3.05, 3.63) is 21.3 Å². The van der Waals surface area contributed by atoms with Crippen molar-refractivity contribution in [1.29, 1.82) is 0 Å². The first-order chi connectivity index (χ1) is 8.09. The van der Waals surface area contributed by atoms with Crippen LogP contribution in [0.25, 0.3) is 0 Å². The van der Waals surface area contributed by atoms with Crippen LogP contribution < -0.4 is 0 Å². The molecule has 1 aromatic rings. The molecule has 0 bridgehead atoms. The maximum atomic E-state index is 12.2. The minimum absolute atomic E-state index is 0.0226. The summed E-state index contributed by atoms with van der Waals surface area (Å²) in [4.78, 5) is 24.9. The topological polar surface area (TPSA) is 57.6 Å². The highest BCUT2D eigenvalue weighted by molar-refractivity contribution is 7.12. The number of amides is 1. The molecule has 17 heavy (non-hydrogen) atoms. The zero-order valence-corrected chi connectivity index (χ0v) is 10.6. The number of thiophene rings is 1.